The number of anilines is 1. The zero-order valence-electron chi connectivity index (χ0n) is 22.0. The van der Waals surface area contributed by atoms with Crippen LogP contribution in [-0.2, 0) is 32.6 Å². The second-order valence-corrected chi connectivity index (χ2v) is 11.5. The van der Waals surface area contributed by atoms with Crippen LogP contribution < -0.4 is 9.62 Å². The topological polar surface area (TPSA) is 86.8 Å². The van der Waals surface area contributed by atoms with Crippen LogP contribution in [0.25, 0.3) is 0 Å². The van der Waals surface area contributed by atoms with Crippen molar-refractivity contribution in [3.8, 4) is 0 Å². The highest BCUT2D eigenvalue weighted by Crippen LogP contribution is 2.21. The number of nitrogens with one attached hydrogen (secondary N) is 1. The molecule has 3 rings (SSSR count). The van der Waals surface area contributed by atoms with Crippen LogP contribution in [0.4, 0.5) is 10.1 Å². The fraction of sp³-hybridized carbons (Fsp3) is 0.310. The number of hydrogen-bond donors (Lipinski definition) is 1. The van der Waals surface area contributed by atoms with Crippen molar-refractivity contribution in [2.75, 3.05) is 23.7 Å². The molecule has 10 heteroatoms. The van der Waals surface area contributed by atoms with Crippen LogP contribution >= 0.6 is 11.6 Å². The molecular weight excluding hydrogens is 541 g/mol. The van der Waals surface area contributed by atoms with Crippen LogP contribution in [-0.4, -0.2) is 50.5 Å². The highest BCUT2D eigenvalue weighted by Gasteiger charge is 2.30. The molecule has 0 aliphatic carbocycles. The standard InChI is InChI=1S/C29H33ClFN3O4S/c1-3-32-29(36)27(20-22-8-5-4-6-9-22)33(21-23-11-13-24(30)14-12-23)28(35)10-7-19-34(39(2,37)38)26-17-15-25(31)16-18-26/h4-6,8-9,11-18,27H,3,7,10,19-21H2,1-2H3,(H,32,36)/t27-/m1/s1. The lowest BCUT2D eigenvalue weighted by atomic mass is 10.0. The summed E-state index contributed by atoms with van der Waals surface area (Å²) >= 11 is 6.05. The van der Waals surface area contributed by atoms with E-state index < -0.39 is 21.9 Å². The third kappa shape index (κ3) is 9.07. The minimum atomic E-state index is -3.67. The lowest BCUT2D eigenvalue weighted by Crippen LogP contribution is -2.50. The minimum Gasteiger partial charge on any atom is -0.355 e. The molecule has 3 aromatic carbocycles. The smallest absolute Gasteiger partial charge is 0.243 e. The lowest BCUT2D eigenvalue weighted by Gasteiger charge is -2.32. The molecule has 0 heterocycles. The van der Waals surface area contributed by atoms with Gasteiger partial charge in [-0.1, -0.05) is 54.1 Å². The van der Waals surface area contributed by atoms with Crippen LogP contribution in [0, 0.1) is 5.82 Å². The Kier molecular flexibility index (Phi) is 10.9. The maximum Gasteiger partial charge on any atom is 0.243 e. The molecule has 208 valence electrons. The largest absolute Gasteiger partial charge is 0.355 e. The third-order valence-corrected chi connectivity index (χ3v) is 7.60. The Morgan fingerprint density at radius 3 is 2.18 bits per heavy atom. The molecule has 0 aromatic heterocycles. The summed E-state index contributed by atoms with van der Waals surface area (Å²) in [5.74, 6) is -1.03. The molecular formula is C29H33ClFN3O4S. The molecule has 3 aromatic rings. The number of amides is 2. The summed E-state index contributed by atoms with van der Waals surface area (Å²) in [7, 11) is -3.67. The molecule has 0 unspecified atom stereocenters. The first-order valence-electron chi connectivity index (χ1n) is 12.7. The van der Waals surface area contributed by atoms with Gasteiger partial charge in [0.25, 0.3) is 0 Å². The van der Waals surface area contributed by atoms with E-state index in [1.807, 2.05) is 37.3 Å². The fourth-order valence-corrected chi connectivity index (χ4v) is 5.34. The molecule has 0 saturated carbocycles. The summed E-state index contributed by atoms with van der Waals surface area (Å²) in [5, 5.41) is 3.40. The molecule has 0 aliphatic heterocycles. The van der Waals surface area contributed by atoms with E-state index in [1.54, 1.807) is 29.2 Å². The van der Waals surface area contributed by atoms with Gasteiger partial charge in [0.2, 0.25) is 21.8 Å². The summed E-state index contributed by atoms with van der Waals surface area (Å²) < 4.78 is 39.4. The molecule has 39 heavy (non-hydrogen) atoms. The predicted octanol–water partition coefficient (Wildman–Crippen LogP) is 4.80. The van der Waals surface area contributed by atoms with Gasteiger partial charge < -0.3 is 10.2 Å². The molecule has 0 radical (unpaired) electrons. The van der Waals surface area contributed by atoms with E-state index in [0.717, 1.165) is 21.7 Å². The van der Waals surface area contributed by atoms with Gasteiger partial charge in [0.05, 0.1) is 11.9 Å². The van der Waals surface area contributed by atoms with Crippen LogP contribution in [0.3, 0.4) is 0 Å². The van der Waals surface area contributed by atoms with Gasteiger partial charge in [-0.15, -0.1) is 0 Å². The summed E-state index contributed by atoms with van der Waals surface area (Å²) in [4.78, 5) is 28.4. The fourth-order valence-electron chi connectivity index (χ4n) is 4.24. The number of halogens is 2. The van der Waals surface area contributed by atoms with Gasteiger partial charge in [-0.2, -0.15) is 0 Å². The number of carbonyl (C=O) groups is 2. The molecule has 0 bridgehead atoms. The Bertz CT molecular complexity index is 1340. The summed E-state index contributed by atoms with van der Waals surface area (Å²) in [6.07, 6.45) is 1.59. The van der Waals surface area contributed by atoms with Crippen molar-refractivity contribution in [3.63, 3.8) is 0 Å². The number of carbonyl (C=O) groups excluding carboxylic acids is 2. The van der Waals surface area contributed by atoms with Crippen molar-refractivity contribution in [2.24, 2.45) is 0 Å². The minimum absolute atomic E-state index is 0.00546. The molecule has 0 fully saturated rings. The third-order valence-electron chi connectivity index (χ3n) is 6.16. The number of nitrogens with zero attached hydrogens (tertiary/aromatic N) is 2. The average Bonchev–Trinajstić information content (AvgIpc) is 2.90. The summed E-state index contributed by atoms with van der Waals surface area (Å²) in [6, 6.07) is 20.9. The van der Waals surface area contributed by atoms with Crippen molar-refractivity contribution >= 4 is 39.1 Å². The zero-order valence-corrected chi connectivity index (χ0v) is 23.6. The maximum atomic E-state index is 13.7. The summed E-state index contributed by atoms with van der Waals surface area (Å²) in [5.41, 5.74) is 2.02. The first-order chi connectivity index (χ1) is 18.6. The molecule has 2 amide bonds. The maximum absolute atomic E-state index is 13.7. The SMILES string of the molecule is CCNC(=O)[C@@H](Cc1ccccc1)N(Cc1ccc(Cl)cc1)C(=O)CCCN(c1ccc(F)cc1)S(C)(=O)=O. The number of sulfonamides is 1. The molecule has 1 atom stereocenters. The van der Waals surface area contributed by atoms with Crippen molar-refractivity contribution in [2.45, 2.75) is 38.8 Å². The molecule has 0 spiro atoms. The average molecular weight is 574 g/mol. The normalized spacial score (nSPS) is 12.0. The Balaban J connectivity index is 1.85. The summed E-state index contributed by atoms with van der Waals surface area (Å²) in [6.45, 7) is 2.43. The monoisotopic (exact) mass is 573 g/mol. The first-order valence-corrected chi connectivity index (χ1v) is 14.9. The zero-order chi connectivity index (χ0) is 28.4. The van der Waals surface area contributed by atoms with E-state index in [1.165, 1.54) is 24.3 Å². The van der Waals surface area contributed by atoms with E-state index >= 15 is 0 Å². The van der Waals surface area contributed by atoms with E-state index in [9.17, 15) is 22.4 Å². The van der Waals surface area contributed by atoms with Gasteiger partial charge in [-0.25, -0.2) is 12.8 Å². The first kappa shape index (κ1) is 30.1. The highest BCUT2D eigenvalue weighted by molar-refractivity contribution is 7.92. The Hall–Kier alpha value is -3.43. The second kappa shape index (κ2) is 14.1. The van der Waals surface area contributed by atoms with E-state index in [-0.39, 0.29) is 37.7 Å². The number of rotatable bonds is 13. The lowest BCUT2D eigenvalue weighted by molar-refractivity contribution is -0.141. The Morgan fingerprint density at radius 1 is 0.949 bits per heavy atom. The Morgan fingerprint density at radius 2 is 1.59 bits per heavy atom. The van der Waals surface area contributed by atoms with Crippen molar-refractivity contribution in [3.05, 3.63) is 101 Å². The van der Waals surface area contributed by atoms with Gasteiger partial charge >= 0.3 is 0 Å². The predicted molar refractivity (Wildman–Crippen MR) is 152 cm³/mol. The van der Waals surface area contributed by atoms with Gasteiger partial charge in [-0.05, 0) is 60.9 Å². The van der Waals surface area contributed by atoms with Crippen LogP contribution in [0.2, 0.25) is 5.02 Å². The van der Waals surface area contributed by atoms with Gasteiger partial charge in [0.1, 0.15) is 11.9 Å². The van der Waals surface area contributed by atoms with Gasteiger partial charge in [0.15, 0.2) is 0 Å². The van der Waals surface area contributed by atoms with Gasteiger partial charge in [-0.3, -0.25) is 13.9 Å². The van der Waals surface area contributed by atoms with Gasteiger partial charge in [0, 0.05) is 37.5 Å². The molecule has 0 saturated heterocycles. The van der Waals surface area contributed by atoms with Crippen LogP contribution in [0.15, 0.2) is 78.9 Å². The van der Waals surface area contributed by atoms with Crippen LogP contribution in [0.5, 0.6) is 0 Å². The molecule has 1 N–H and O–H groups in total. The number of hydrogen-bond acceptors (Lipinski definition) is 4. The highest BCUT2D eigenvalue weighted by atomic mass is 35.5. The Labute approximate surface area is 234 Å². The van der Waals surface area contributed by atoms with Crippen LogP contribution in [0.1, 0.15) is 30.9 Å². The number of likely N-dealkylation sites (N-methyl/N-ethyl adjacent to an activating group) is 1. The molecule has 7 nitrogen and oxygen atoms in total. The van der Waals surface area contributed by atoms with E-state index in [0.29, 0.717) is 23.7 Å². The van der Waals surface area contributed by atoms with Crippen molar-refractivity contribution in [1.29, 1.82) is 0 Å². The van der Waals surface area contributed by atoms with Crippen molar-refractivity contribution < 1.29 is 22.4 Å². The quantitative estimate of drug-likeness (QED) is 0.318. The van der Waals surface area contributed by atoms with Crippen molar-refractivity contribution in [1.82, 2.24) is 10.2 Å². The van der Waals surface area contributed by atoms with E-state index in [4.69, 9.17) is 11.6 Å². The van der Waals surface area contributed by atoms with E-state index in [2.05, 4.69) is 5.32 Å². The molecule has 0 aliphatic rings. The second-order valence-electron chi connectivity index (χ2n) is 9.16. The number of benzene rings is 3.